The zero-order valence-electron chi connectivity index (χ0n) is 11.0. The first-order chi connectivity index (χ1) is 8.69. The Balaban J connectivity index is 2.76. The Morgan fingerprint density at radius 3 is 2.83 bits per heavy atom. The van der Waals surface area contributed by atoms with E-state index in [1.165, 1.54) is 0 Å². The lowest BCUT2D eigenvalue weighted by Gasteiger charge is -2.14. The average molecular weight is 256 g/mol. The molecule has 7 nitrogen and oxygen atoms in total. The van der Waals surface area contributed by atoms with Gasteiger partial charge in [-0.05, 0) is 13.8 Å². The molecule has 0 amide bonds. The molecular weight excluding hydrogens is 236 g/mol. The zero-order chi connectivity index (χ0) is 13.4. The fraction of sp³-hybridized carbons (Fsp3) is 0.636. The number of anilines is 1. The van der Waals surface area contributed by atoms with Gasteiger partial charge in [0.05, 0.1) is 6.61 Å². The molecule has 1 rings (SSSR count). The number of ether oxygens (including phenoxy) is 3. The van der Waals surface area contributed by atoms with E-state index in [4.69, 9.17) is 20.1 Å². The van der Waals surface area contributed by atoms with Crippen LogP contribution >= 0.6 is 0 Å². The van der Waals surface area contributed by atoms with Crippen molar-refractivity contribution in [1.29, 1.82) is 0 Å². The normalized spacial score (nSPS) is 12.2. The molecule has 0 spiro atoms. The maximum atomic E-state index is 5.59. The molecule has 0 fully saturated rings. The predicted octanol–water partition coefficient (Wildman–Crippen LogP) is 0.712. The molecule has 0 radical (unpaired) electrons. The van der Waals surface area contributed by atoms with Crippen molar-refractivity contribution in [3.05, 3.63) is 11.9 Å². The second-order valence-corrected chi connectivity index (χ2v) is 3.67. The van der Waals surface area contributed by atoms with Gasteiger partial charge in [-0.3, -0.25) is 0 Å². The molecule has 0 aliphatic heterocycles. The van der Waals surface area contributed by atoms with Gasteiger partial charge in [0.1, 0.15) is 18.5 Å². The van der Waals surface area contributed by atoms with Gasteiger partial charge in [0.2, 0.25) is 5.88 Å². The molecule has 0 saturated heterocycles. The monoisotopic (exact) mass is 256 g/mol. The summed E-state index contributed by atoms with van der Waals surface area (Å²) in [6.07, 6.45) is -0.101. The van der Waals surface area contributed by atoms with Gasteiger partial charge >= 0.3 is 0 Å². The Morgan fingerprint density at radius 2 is 2.22 bits per heavy atom. The molecule has 7 heteroatoms. The van der Waals surface area contributed by atoms with Gasteiger partial charge in [-0.15, -0.1) is 0 Å². The second-order valence-electron chi connectivity index (χ2n) is 3.67. The first-order valence-corrected chi connectivity index (χ1v) is 5.77. The fourth-order valence-electron chi connectivity index (χ4n) is 1.34. The molecule has 0 bridgehead atoms. The molecule has 3 N–H and O–H groups in total. The standard InChI is InChI=1S/C11H20N4O3/c1-4-17-7-10-13-9(15-12)5-11(14-10)18-8(2)6-16-3/h5,8H,4,6-7,12H2,1-3H3,(H,13,14,15). The van der Waals surface area contributed by atoms with Crippen LogP contribution in [-0.4, -0.2) is 36.4 Å². The highest BCUT2D eigenvalue weighted by Crippen LogP contribution is 2.14. The van der Waals surface area contributed by atoms with Crippen LogP contribution in [0.5, 0.6) is 5.88 Å². The summed E-state index contributed by atoms with van der Waals surface area (Å²) in [7, 11) is 1.62. The van der Waals surface area contributed by atoms with Crippen LogP contribution < -0.4 is 16.0 Å². The smallest absolute Gasteiger partial charge is 0.219 e. The van der Waals surface area contributed by atoms with Crippen LogP contribution in [0, 0.1) is 0 Å². The van der Waals surface area contributed by atoms with Crippen molar-refractivity contribution in [3.63, 3.8) is 0 Å². The first-order valence-electron chi connectivity index (χ1n) is 5.77. The van der Waals surface area contributed by atoms with E-state index in [0.29, 0.717) is 37.3 Å². The Bertz CT molecular complexity index is 362. The van der Waals surface area contributed by atoms with Crippen LogP contribution in [0.15, 0.2) is 6.07 Å². The number of hydrogen-bond acceptors (Lipinski definition) is 7. The number of nitrogens with one attached hydrogen (secondary N) is 1. The molecule has 1 atom stereocenters. The summed E-state index contributed by atoms with van der Waals surface area (Å²) in [6, 6.07) is 1.63. The topological polar surface area (TPSA) is 91.5 Å². The number of aromatic nitrogens is 2. The summed E-state index contributed by atoms with van der Waals surface area (Å²) in [4.78, 5) is 8.39. The van der Waals surface area contributed by atoms with Crippen molar-refractivity contribution < 1.29 is 14.2 Å². The van der Waals surface area contributed by atoms with E-state index < -0.39 is 0 Å². The summed E-state index contributed by atoms with van der Waals surface area (Å²) >= 11 is 0. The fourth-order valence-corrected chi connectivity index (χ4v) is 1.34. The number of rotatable bonds is 8. The lowest BCUT2D eigenvalue weighted by Crippen LogP contribution is -2.20. The van der Waals surface area contributed by atoms with Crippen molar-refractivity contribution in [1.82, 2.24) is 9.97 Å². The molecule has 0 saturated carbocycles. The predicted molar refractivity (Wildman–Crippen MR) is 67.1 cm³/mol. The van der Waals surface area contributed by atoms with Crippen LogP contribution in [0.1, 0.15) is 19.7 Å². The van der Waals surface area contributed by atoms with E-state index in [1.807, 2.05) is 13.8 Å². The lowest BCUT2D eigenvalue weighted by atomic mass is 10.4. The van der Waals surface area contributed by atoms with Crippen LogP contribution in [0.2, 0.25) is 0 Å². The Labute approximate surface area is 107 Å². The third-order valence-corrected chi connectivity index (χ3v) is 2.06. The molecule has 1 heterocycles. The number of hydrogen-bond donors (Lipinski definition) is 2. The van der Waals surface area contributed by atoms with E-state index in [2.05, 4.69) is 15.4 Å². The Kier molecular flexibility index (Phi) is 6.34. The number of methoxy groups -OCH3 is 1. The van der Waals surface area contributed by atoms with Gasteiger partial charge in [0.15, 0.2) is 5.82 Å². The number of hydrazine groups is 1. The van der Waals surface area contributed by atoms with Gasteiger partial charge in [0.25, 0.3) is 0 Å². The molecule has 0 aromatic carbocycles. The highest BCUT2D eigenvalue weighted by Gasteiger charge is 2.09. The number of nitrogens with zero attached hydrogens (tertiary/aromatic N) is 2. The molecule has 0 aliphatic rings. The second kappa shape index (κ2) is 7.80. The summed E-state index contributed by atoms with van der Waals surface area (Å²) in [5.74, 6) is 6.79. The summed E-state index contributed by atoms with van der Waals surface area (Å²) < 4.78 is 15.8. The van der Waals surface area contributed by atoms with E-state index in [-0.39, 0.29) is 6.10 Å². The Morgan fingerprint density at radius 1 is 1.44 bits per heavy atom. The summed E-state index contributed by atoms with van der Waals surface area (Å²) in [5.41, 5.74) is 2.47. The molecule has 102 valence electrons. The van der Waals surface area contributed by atoms with Gasteiger partial charge in [-0.25, -0.2) is 10.8 Å². The van der Waals surface area contributed by atoms with Crippen LogP contribution in [-0.2, 0) is 16.1 Å². The minimum Gasteiger partial charge on any atom is -0.472 e. The molecule has 0 aliphatic carbocycles. The van der Waals surface area contributed by atoms with Crippen LogP contribution in [0.25, 0.3) is 0 Å². The number of nitrogens with two attached hydrogens (primary N) is 1. The van der Waals surface area contributed by atoms with Gasteiger partial charge < -0.3 is 19.6 Å². The molecule has 18 heavy (non-hydrogen) atoms. The SMILES string of the molecule is CCOCc1nc(NN)cc(OC(C)COC)n1. The first kappa shape index (κ1) is 14.6. The molecular formula is C11H20N4O3. The van der Waals surface area contributed by atoms with Crippen molar-refractivity contribution in [2.75, 3.05) is 25.7 Å². The lowest BCUT2D eigenvalue weighted by molar-refractivity contribution is 0.0874. The molecule has 1 unspecified atom stereocenters. The van der Waals surface area contributed by atoms with Crippen molar-refractivity contribution in [3.8, 4) is 5.88 Å². The van der Waals surface area contributed by atoms with Gasteiger partial charge in [-0.1, -0.05) is 0 Å². The summed E-state index contributed by atoms with van der Waals surface area (Å²) in [6.45, 7) is 5.20. The van der Waals surface area contributed by atoms with Crippen molar-refractivity contribution in [2.24, 2.45) is 5.84 Å². The average Bonchev–Trinajstić information content (AvgIpc) is 2.36. The zero-order valence-corrected chi connectivity index (χ0v) is 11.0. The van der Waals surface area contributed by atoms with E-state index in [9.17, 15) is 0 Å². The van der Waals surface area contributed by atoms with E-state index >= 15 is 0 Å². The third-order valence-electron chi connectivity index (χ3n) is 2.06. The molecule has 1 aromatic rings. The maximum Gasteiger partial charge on any atom is 0.219 e. The van der Waals surface area contributed by atoms with Crippen molar-refractivity contribution in [2.45, 2.75) is 26.6 Å². The molecule has 1 aromatic heterocycles. The van der Waals surface area contributed by atoms with Crippen molar-refractivity contribution >= 4 is 5.82 Å². The minimum atomic E-state index is -0.101. The minimum absolute atomic E-state index is 0.101. The van der Waals surface area contributed by atoms with Gasteiger partial charge in [0, 0.05) is 19.8 Å². The Hall–Kier alpha value is -1.44. The third kappa shape index (κ3) is 4.82. The van der Waals surface area contributed by atoms with Gasteiger partial charge in [-0.2, -0.15) is 4.98 Å². The van der Waals surface area contributed by atoms with Crippen LogP contribution in [0.3, 0.4) is 0 Å². The van der Waals surface area contributed by atoms with E-state index in [1.54, 1.807) is 13.2 Å². The quantitative estimate of drug-likeness (QED) is 0.523. The highest BCUT2D eigenvalue weighted by molar-refractivity contribution is 5.36. The summed E-state index contributed by atoms with van der Waals surface area (Å²) in [5, 5.41) is 0. The van der Waals surface area contributed by atoms with E-state index in [0.717, 1.165) is 0 Å². The van der Waals surface area contributed by atoms with Crippen LogP contribution in [0.4, 0.5) is 5.82 Å². The largest absolute Gasteiger partial charge is 0.472 e. The highest BCUT2D eigenvalue weighted by atomic mass is 16.5. The number of nitrogen functional groups attached to an aromatic ring is 1. The maximum absolute atomic E-state index is 5.59.